The summed E-state index contributed by atoms with van der Waals surface area (Å²) in [6.07, 6.45) is 4.63. The van der Waals surface area contributed by atoms with E-state index in [4.69, 9.17) is 0 Å². The van der Waals surface area contributed by atoms with Gasteiger partial charge in [0.2, 0.25) is 0 Å². The van der Waals surface area contributed by atoms with Crippen LogP contribution in [0.4, 0.5) is 0 Å². The molecule has 6 heteroatoms. The predicted molar refractivity (Wildman–Crippen MR) is 124 cm³/mol. The zero-order valence-electron chi connectivity index (χ0n) is 18.0. The number of carbonyl (C=O) groups excluding carboxylic acids is 1. The standard InChI is InChI=1S/C25H28N4OS/c1-18(30)21-9-8-19-12-14-28(17-22(19)16-21)13-5-15-31-25-27-26-24(29(25)23-10-11-23)20-6-3-2-4-7-20/h2-4,6-9,16,23H,5,10-15,17H2,1H3. The van der Waals surface area contributed by atoms with E-state index in [1.807, 2.05) is 23.9 Å². The molecule has 2 aromatic carbocycles. The first-order valence-electron chi connectivity index (χ1n) is 11.2. The van der Waals surface area contributed by atoms with Gasteiger partial charge in [0.1, 0.15) is 0 Å². The molecule has 0 saturated heterocycles. The number of fused-ring (bicyclic) bond motifs is 1. The lowest BCUT2D eigenvalue weighted by Gasteiger charge is -2.29. The first-order valence-corrected chi connectivity index (χ1v) is 12.2. The smallest absolute Gasteiger partial charge is 0.191 e. The SMILES string of the molecule is CC(=O)c1ccc2c(c1)CN(CCCSc1nnc(-c3ccccc3)n1C1CC1)CC2. The third-order valence-electron chi connectivity index (χ3n) is 6.16. The molecule has 3 aromatic rings. The minimum absolute atomic E-state index is 0.144. The lowest BCUT2D eigenvalue weighted by atomic mass is 9.96. The Morgan fingerprint density at radius 1 is 1.10 bits per heavy atom. The molecule has 1 saturated carbocycles. The molecule has 1 aliphatic carbocycles. The Hall–Kier alpha value is -2.44. The van der Waals surface area contributed by atoms with Gasteiger partial charge in [-0.3, -0.25) is 14.3 Å². The maximum absolute atomic E-state index is 11.7. The van der Waals surface area contributed by atoms with E-state index in [1.54, 1.807) is 6.92 Å². The second-order valence-corrected chi connectivity index (χ2v) is 9.60. The van der Waals surface area contributed by atoms with Crippen molar-refractivity contribution in [3.63, 3.8) is 0 Å². The Balaban J connectivity index is 1.18. The molecule has 2 heterocycles. The molecule has 5 rings (SSSR count). The Morgan fingerprint density at radius 3 is 2.71 bits per heavy atom. The predicted octanol–water partition coefficient (Wildman–Crippen LogP) is 5.02. The molecule has 2 aliphatic rings. The van der Waals surface area contributed by atoms with E-state index < -0.39 is 0 Å². The van der Waals surface area contributed by atoms with Crippen molar-refractivity contribution in [2.75, 3.05) is 18.8 Å². The Kier molecular flexibility index (Phi) is 5.92. The molecule has 1 aromatic heterocycles. The number of nitrogens with zero attached hydrogens (tertiary/aromatic N) is 4. The molecule has 31 heavy (non-hydrogen) atoms. The minimum atomic E-state index is 0.144. The number of aromatic nitrogens is 3. The quantitative estimate of drug-likeness (QED) is 0.284. The second-order valence-electron chi connectivity index (χ2n) is 8.54. The summed E-state index contributed by atoms with van der Waals surface area (Å²) in [7, 11) is 0. The molecule has 0 atom stereocenters. The van der Waals surface area contributed by atoms with Gasteiger partial charge in [-0.1, -0.05) is 54.2 Å². The van der Waals surface area contributed by atoms with E-state index in [0.29, 0.717) is 6.04 Å². The van der Waals surface area contributed by atoms with Crippen LogP contribution in [0.15, 0.2) is 53.7 Å². The number of rotatable bonds is 8. The lowest BCUT2D eigenvalue weighted by molar-refractivity contribution is 0.101. The molecule has 0 unspecified atom stereocenters. The van der Waals surface area contributed by atoms with Gasteiger partial charge in [0, 0.05) is 36.0 Å². The largest absolute Gasteiger partial charge is 0.299 e. The van der Waals surface area contributed by atoms with Gasteiger partial charge < -0.3 is 0 Å². The highest BCUT2D eigenvalue weighted by atomic mass is 32.2. The van der Waals surface area contributed by atoms with Gasteiger partial charge in [0.15, 0.2) is 16.8 Å². The highest BCUT2D eigenvalue weighted by Gasteiger charge is 2.30. The van der Waals surface area contributed by atoms with Crippen molar-refractivity contribution in [1.29, 1.82) is 0 Å². The maximum Gasteiger partial charge on any atom is 0.191 e. The summed E-state index contributed by atoms with van der Waals surface area (Å²) in [6.45, 7) is 4.74. The van der Waals surface area contributed by atoms with Crippen LogP contribution in [0.3, 0.4) is 0 Å². The van der Waals surface area contributed by atoms with Crippen molar-refractivity contribution in [2.45, 2.75) is 50.4 Å². The molecule has 1 fully saturated rings. The Labute approximate surface area is 187 Å². The summed E-state index contributed by atoms with van der Waals surface area (Å²) in [6, 6.07) is 17.1. The molecular weight excluding hydrogens is 404 g/mol. The summed E-state index contributed by atoms with van der Waals surface area (Å²) >= 11 is 1.83. The first kappa shape index (κ1) is 20.5. The van der Waals surface area contributed by atoms with Crippen molar-refractivity contribution < 1.29 is 4.79 Å². The molecule has 160 valence electrons. The summed E-state index contributed by atoms with van der Waals surface area (Å²) < 4.78 is 2.35. The van der Waals surface area contributed by atoms with Crippen LogP contribution in [0.2, 0.25) is 0 Å². The monoisotopic (exact) mass is 432 g/mol. The average molecular weight is 433 g/mol. The molecule has 0 radical (unpaired) electrons. The van der Waals surface area contributed by atoms with Crippen molar-refractivity contribution in [1.82, 2.24) is 19.7 Å². The maximum atomic E-state index is 11.7. The number of Topliss-reactive ketones (excluding diaryl/α,β-unsaturated/α-hetero) is 1. The van der Waals surface area contributed by atoms with E-state index in [9.17, 15) is 4.79 Å². The molecule has 0 amide bonds. The summed E-state index contributed by atoms with van der Waals surface area (Å²) in [4.78, 5) is 14.2. The number of ketones is 1. The molecule has 5 nitrogen and oxygen atoms in total. The molecule has 0 spiro atoms. The van der Waals surface area contributed by atoms with Crippen LogP contribution in [0.1, 0.15) is 53.7 Å². The third-order valence-corrected chi connectivity index (χ3v) is 7.19. The Bertz CT molecular complexity index is 1070. The van der Waals surface area contributed by atoms with Crippen LogP contribution in [0.5, 0.6) is 0 Å². The van der Waals surface area contributed by atoms with Crippen LogP contribution in [-0.4, -0.2) is 44.3 Å². The van der Waals surface area contributed by atoms with Crippen LogP contribution < -0.4 is 0 Å². The van der Waals surface area contributed by atoms with Crippen LogP contribution in [0.25, 0.3) is 11.4 Å². The minimum Gasteiger partial charge on any atom is -0.299 e. The summed E-state index contributed by atoms with van der Waals surface area (Å²) in [5.74, 6) is 2.18. The van der Waals surface area contributed by atoms with E-state index in [0.717, 1.165) is 60.3 Å². The zero-order valence-corrected chi connectivity index (χ0v) is 18.8. The summed E-state index contributed by atoms with van der Waals surface area (Å²) in [5, 5.41) is 10.1. The molecule has 1 aliphatic heterocycles. The zero-order chi connectivity index (χ0) is 21.2. The molecule has 0 bridgehead atoms. The fourth-order valence-corrected chi connectivity index (χ4v) is 5.23. The molecular formula is C25H28N4OS. The number of hydrogen-bond donors (Lipinski definition) is 0. The van der Waals surface area contributed by atoms with Crippen molar-refractivity contribution in [3.8, 4) is 11.4 Å². The van der Waals surface area contributed by atoms with E-state index in [1.165, 1.54) is 24.0 Å². The lowest BCUT2D eigenvalue weighted by Crippen LogP contribution is -2.31. The van der Waals surface area contributed by atoms with Crippen LogP contribution in [0, 0.1) is 0 Å². The van der Waals surface area contributed by atoms with Crippen molar-refractivity contribution in [2.24, 2.45) is 0 Å². The number of benzene rings is 2. The highest BCUT2D eigenvalue weighted by molar-refractivity contribution is 7.99. The van der Waals surface area contributed by atoms with E-state index in [-0.39, 0.29) is 5.78 Å². The van der Waals surface area contributed by atoms with Gasteiger partial charge >= 0.3 is 0 Å². The second kappa shape index (κ2) is 8.97. The van der Waals surface area contributed by atoms with Crippen LogP contribution >= 0.6 is 11.8 Å². The van der Waals surface area contributed by atoms with Crippen LogP contribution in [-0.2, 0) is 13.0 Å². The highest BCUT2D eigenvalue weighted by Crippen LogP contribution is 2.41. The normalized spacial score (nSPS) is 16.3. The third kappa shape index (κ3) is 4.60. The van der Waals surface area contributed by atoms with Gasteiger partial charge in [-0.2, -0.15) is 0 Å². The van der Waals surface area contributed by atoms with Crippen molar-refractivity contribution in [3.05, 3.63) is 65.2 Å². The van der Waals surface area contributed by atoms with Gasteiger partial charge in [-0.05, 0) is 56.3 Å². The van der Waals surface area contributed by atoms with Gasteiger partial charge in [0.25, 0.3) is 0 Å². The Morgan fingerprint density at radius 2 is 1.94 bits per heavy atom. The number of hydrogen-bond acceptors (Lipinski definition) is 5. The van der Waals surface area contributed by atoms with E-state index >= 15 is 0 Å². The number of thioether (sulfide) groups is 1. The summed E-state index contributed by atoms with van der Waals surface area (Å²) in [5.41, 5.74) is 4.67. The fraction of sp³-hybridized carbons (Fsp3) is 0.400. The number of carbonyl (C=O) groups is 1. The van der Waals surface area contributed by atoms with Gasteiger partial charge in [0.05, 0.1) is 0 Å². The van der Waals surface area contributed by atoms with Gasteiger partial charge in [-0.25, -0.2) is 0 Å². The van der Waals surface area contributed by atoms with E-state index in [2.05, 4.69) is 56.1 Å². The fourth-order valence-electron chi connectivity index (χ4n) is 4.30. The van der Waals surface area contributed by atoms with Gasteiger partial charge in [-0.15, -0.1) is 10.2 Å². The van der Waals surface area contributed by atoms with Crippen molar-refractivity contribution >= 4 is 17.5 Å². The molecule has 0 N–H and O–H groups in total. The topological polar surface area (TPSA) is 51.0 Å². The first-order chi connectivity index (χ1) is 15.2. The average Bonchev–Trinajstić information content (AvgIpc) is 3.55.